The third-order valence-electron chi connectivity index (χ3n) is 7.10. The second-order valence-electron chi connectivity index (χ2n) is 11.3. The number of carbonyl (C=O) groups excluding carboxylic acids is 3. The first-order valence-corrected chi connectivity index (χ1v) is 15.4. The fraction of sp³-hybridized carbons (Fsp3) is 0.483. The molecule has 43 heavy (non-hydrogen) atoms. The van der Waals surface area contributed by atoms with E-state index in [1.165, 1.54) is 19.4 Å². The van der Waals surface area contributed by atoms with Crippen molar-refractivity contribution in [3.8, 4) is 0 Å². The molecule has 0 spiro atoms. The van der Waals surface area contributed by atoms with Gasteiger partial charge < -0.3 is 24.3 Å². The molecule has 0 bridgehead atoms. The molecule has 236 valence electrons. The summed E-state index contributed by atoms with van der Waals surface area (Å²) in [5, 5.41) is 19.4. The SMILES string of the molecule is CB(O)C[C@H](Cc1ccc(Br)cc1)CC1C(=O)OC(C)(C)OC1=O.CB(O)N1C(=O)CC[C@H]1Cc1ccc(Br)cc1.S.S. The average Bonchev–Trinajstić information content (AvgIpc) is 3.23. The van der Waals surface area contributed by atoms with E-state index in [2.05, 4.69) is 31.9 Å². The van der Waals surface area contributed by atoms with E-state index in [1.807, 2.05) is 48.5 Å². The van der Waals surface area contributed by atoms with E-state index in [-0.39, 0.29) is 44.9 Å². The smallest absolute Gasteiger partial charge is 0.411 e. The number of halogens is 2. The van der Waals surface area contributed by atoms with Crippen LogP contribution in [0.25, 0.3) is 0 Å². The van der Waals surface area contributed by atoms with Crippen LogP contribution >= 0.6 is 58.9 Å². The minimum absolute atomic E-state index is 0. The molecule has 2 aromatic rings. The van der Waals surface area contributed by atoms with Gasteiger partial charge in [0, 0.05) is 35.3 Å². The lowest BCUT2D eigenvalue weighted by Gasteiger charge is -2.34. The van der Waals surface area contributed by atoms with E-state index in [0.717, 1.165) is 27.4 Å². The molecule has 2 aromatic carbocycles. The summed E-state index contributed by atoms with van der Waals surface area (Å²) in [7, 11) is -0.689. The second-order valence-corrected chi connectivity index (χ2v) is 13.1. The number of hydrogen-bond acceptors (Lipinski definition) is 7. The van der Waals surface area contributed by atoms with Crippen LogP contribution in [0.15, 0.2) is 57.5 Å². The van der Waals surface area contributed by atoms with Crippen molar-refractivity contribution in [1.29, 1.82) is 0 Å². The third kappa shape index (κ3) is 12.5. The fourth-order valence-electron chi connectivity index (χ4n) is 5.34. The summed E-state index contributed by atoms with van der Waals surface area (Å²) >= 11 is 6.79. The minimum atomic E-state index is -1.21. The van der Waals surface area contributed by atoms with Gasteiger partial charge in [-0.05, 0) is 80.1 Å². The molecule has 2 aliphatic rings. The Morgan fingerprint density at radius 1 is 0.907 bits per heavy atom. The number of rotatable bonds is 9. The molecule has 2 N–H and O–H groups in total. The first kappa shape index (κ1) is 39.6. The van der Waals surface area contributed by atoms with Gasteiger partial charge in [-0.15, -0.1) is 0 Å². The Morgan fingerprint density at radius 2 is 1.40 bits per heavy atom. The largest absolute Gasteiger partial charge is 0.451 e. The van der Waals surface area contributed by atoms with Gasteiger partial charge in [0.2, 0.25) is 5.91 Å². The van der Waals surface area contributed by atoms with Gasteiger partial charge in [-0.25, -0.2) is 0 Å². The molecule has 2 heterocycles. The summed E-state index contributed by atoms with van der Waals surface area (Å²) in [5.74, 6) is -3.22. The van der Waals surface area contributed by atoms with Gasteiger partial charge in [-0.3, -0.25) is 14.4 Å². The Morgan fingerprint density at radius 3 is 1.86 bits per heavy atom. The zero-order chi connectivity index (χ0) is 30.3. The molecule has 8 nitrogen and oxygen atoms in total. The molecular formula is C29H41B2Br2NO7S2. The number of cyclic esters (lactones) is 2. The number of amides is 1. The molecule has 2 atom stereocenters. The summed E-state index contributed by atoms with van der Waals surface area (Å²) in [4.78, 5) is 37.5. The first-order chi connectivity index (χ1) is 19.2. The van der Waals surface area contributed by atoms with Crippen LogP contribution in [0.1, 0.15) is 44.2 Å². The van der Waals surface area contributed by atoms with Crippen LogP contribution in [-0.2, 0) is 36.7 Å². The number of hydrogen-bond donors (Lipinski definition) is 2. The summed E-state index contributed by atoms with van der Waals surface area (Å²) < 4.78 is 12.4. The molecule has 0 aliphatic carbocycles. The zero-order valence-corrected chi connectivity index (χ0v) is 30.1. The van der Waals surface area contributed by atoms with Gasteiger partial charge in [0.25, 0.3) is 12.7 Å². The van der Waals surface area contributed by atoms with Gasteiger partial charge in [-0.2, -0.15) is 27.0 Å². The van der Waals surface area contributed by atoms with Crippen LogP contribution in [0.4, 0.5) is 0 Å². The topological polar surface area (TPSA) is 113 Å². The molecule has 2 fully saturated rings. The monoisotopic (exact) mass is 759 g/mol. The molecule has 1 amide bonds. The Labute approximate surface area is 286 Å². The third-order valence-corrected chi connectivity index (χ3v) is 8.16. The van der Waals surface area contributed by atoms with Crippen molar-refractivity contribution in [1.82, 2.24) is 4.81 Å². The van der Waals surface area contributed by atoms with E-state index < -0.39 is 37.6 Å². The lowest BCUT2D eigenvalue weighted by atomic mass is 9.62. The Kier molecular flexibility index (Phi) is 16.5. The van der Waals surface area contributed by atoms with E-state index in [4.69, 9.17) is 9.47 Å². The number of esters is 2. The van der Waals surface area contributed by atoms with Crippen LogP contribution in [0, 0.1) is 11.8 Å². The molecule has 14 heteroatoms. The Bertz CT molecular complexity index is 1180. The van der Waals surface area contributed by atoms with Gasteiger partial charge in [-0.1, -0.05) is 62.9 Å². The molecule has 0 aromatic heterocycles. The average molecular weight is 761 g/mol. The van der Waals surface area contributed by atoms with Crippen LogP contribution in [-0.4, -0.2) is 58.5 Å². The van der Waals surface area contributed by atoms with Crippen molar-refractivity contribution in [2.45, 2.75) is 77.7 Å². The highest BCUT2D eigenvalue weighted by atomic mass is 79.9. The number of benzene rings is 2. The summed E-state index contributed by atoms with van der Waals surface area (Å²) in [6.45, 7) is 5.91. The van der Waals surface area contributed by atoms with Gasteiger partial charge in [0.15, 0.2) is 5.92 Å². The first-order valence-electron chi connectivity index (χ1n) is 13.9. The molecule has 2 aliphatic heterocycles. The quantitative estimate of drug-likeness (QED) is 0.201. The minimum Gasteiger partial charge on any atom is -0.451 e. The normalized spacial score (nSPS) is 18.3. The van der Waals surface area contributed by atoms with Gasteiger partial charge >= 0.3 is 19.0 Å². The highest BCUT2D eigenvalue weighted by Crippen LogP contribution is 2.30. The van der Waals surface area contributed by atoms with Crippen LogP contribution in [0.5, 0.6) is 0 Å². The van der Waals surface area contributed by atoms with E-state index >= 15 is 0 Å². The van der Waals surface area contributed by atoms with Crippen molar-refractivity contribution in [3.63, 3.8) is 0 Å². The molecule has 0 saturated carbocycles. The number of nitrogens with zero attached hydrogens (tertiary/aromatic N) is 1. The van der Waals surface area contributed by atoms with Gasteiger partial charge in [0.05, 0.1) is 0 Å². The Hall–Kier alpha value is -1.44. The van der Waals surface area contributed by atoms with Crippen molar-refractivity contribution in [2.75, 3.05) is 0 Å². The summed E-state index contributed by atoms with van der Waals surface area (Å²) in [6.07, 6.45) is 3.65. The Balaban J connectivity index is 0.000000432. The predicted molar refractivity (Wildman–Crippen MR) is 187 cm³/mol. The van der Waals surface area contributed by atoms with Crippen LogP contribution < -0.4 is 0 Å². The van der Waals surface area contributed by atoms with E-state index in [0.29, 0.717) is 25.6 Å². The molecule has 2 saturated heterocycles. The zero-order valence-electron chi connectivity index (χ0n) is 24.9. The lowest BCUT2D eigenvalue weighted by Crippen LogP contribution is -2.47. The molecule has 0 unspecified atom stereocenters. The maximum absolute atomic E-state index is 12.1. The van der Waals surface area contributed by atoms with Crippen LogP contribution in [0.2, 0.25) is 20.0 Å². The maximum Gasteiger partial charge on any atom is 0.411 e. The van der Waals surface area contributed by atoms with Crippen molar-refractivity contribution >= 4 is 90.7 Å². The maximum atomic E-state index is 12.1. The number of ether oxygens (including phenoxy) is 2. The highest BCUT2D eigenvalue weighted by Gasteiger charge is 2.44. The summed E-state index contributed by atoms with van der Waals surface area (Å²) in [5.41, 5.74) is 2.28. The predicted octanol–water partition coefficient (Wildman–Crippen LogP) is 5.38. The second kappa shape index (κ2) is 17.9. The number of carbonyl (C=O) groups is 3. The summed E-state index contributed by atoms with van der Waals surface area (Å²) in [6, 6.07) is 16.1. The standard InChI is InChI=1S/C17H22BBrO5.C12H15BBrNO2.2H2S/c1-17(2)23-15(20)14(16(21)24-17)9-12(10-18(3)22)8-11-4-6-13(19)7-5-11;1-13(17)15-11(6-7-12(15)16)8-9-2-4-10(14)5-3-9;;/h4-7,12,14,22H,8-10H2,1-3H3;2-5,11,17H,6-8H2,1H3;2*1H2/t12-;11-;;/m10../s1. The van der Waals surface area contributed by atoms with Crippen molar-refractivity contribution in [2.24, 2.45) is 11.8 Å². The van der Waals surface area contributed by atoms with Crippen molar-refractivity contribution in [3.05, 3.63) is 68.6 Å². The lowest BCUT2D eigenvalue weighted by molar-refractivity contribution is -0.240. The van der Waals surface area contributed by atoms with E-state index in [1.54, 1.807) is 18.5 Å². The van der Waals surface area contributed by atoms with Gasteiger partial charge in [0.1, 0.15) is 0 Å². The molecular weight excluding hydrogens is 720 g/mol. The van der Waals surface area contributed by atoms with Crippen LogP contribution in [0.3, 0.4) is 0 Å². The molecule has 4 rings (SSSR count). The van der Waals surface area contributed by atoms with E-state index in [9.17, 15) is 24.4 Å². The molecule has 0 radical (unpaired) electrons. The highest BCUT2D eigenvalue weighted by molar-refractivity contribution is 9.10. The fourth-order valence-corrected chi connectivity index (χ4v) is 5.87. The van der Waals surface area contributed by atoms with Crippen molar-refractivity contribution < 1.29 is 33.9 Å².